The highest BCUT2D eigenvalue weighted by Crippen LogP contribution is 2.44. The molecular weight excluding hydrogens is 264 g/mol. The predicted molar refractivity (Wildman–Crippen MR) is 81.7 cm³/mol. The number of ketones is 1. The molecule has 1 aromatic carbocycles. The fourth-order valence-electron chi connectivity index (χ4n) is 3.00. The first-order chi connectivity index (χ1) is 9.85. The minimum Gasteiger partial charge on any atom is -0.446 e. The highest BCUT2D eigenvalue weighted by Gasteiger charge is 2.46. The summed E-state index contributed by atoms with van der Waals surface area (Å²) in [5, 5.41) is 0. The molecule has 1 aliphatic heterocycles. The van der Waals surface area contributed by atoms with Crippen LogP contribution in [0.5, 0.6) is 0 Å². The van der Waals surface area contributed by atoms with Crippen LogP contribution in [0.25, 0.3) is 0 Å². The molecule has 112 valence electrons. The van der Waals surface area contributed by atoms with E-state index >= 15 is 0 Å². The summed E-state index contributed by atoms with van der Waals surface area (Å²) in [6.45, 7) is 7.72. The molecule has 0 fully saturated rings. The first kappa shape index (κ1) is 15.5. The molecule has 1 aliphatic rings. The lowest BCUT2D eigenvalue weighted by Gasteiger charge is -2.37. The van der Waals surface area contributed by atoms with Crippen LogP contribution < -0.4 is 0 Å². The van der Waals surface area contributed by atoms with Gasteiger partial charge in [-0.05, 0) is 31.4 Å². The Balaban J connectivity index is 2.51. The quantitative estimate of drug-likeness (QED) is 0.777. The molecule has 0 aromatic heterocycles. The molecule has 3 heteroatoms. The van der Waals surface area contributed by atoms with E-state index in [0.717, 1.165) is 11.1 Å². The maximum Gasteiger partial charge on any atom is 0.331 e. The maximum atomic E-state index is 11.7. The van der Waals surface area contributed by atoms with Gasteiger partial charge < -0.3 is 9.53 Å². The molecule has 0 N–H and O–H groups in total. The molecule has 2 rings (SSSR count). The molecule has 0 saturated heterocycles. The lowest BCUT2D eigenvalue weighted by molar-refractivity contribution is -0.154. The number of carbonyl (C=O) groups excluding carboxylic acids is 2. The van der Waals surface area contributed by atoms with Gasteiger partial charge in [0.2, 0.25) is 0 Å². The number of cyclic esters (lactones) is 1. The van der Waals surface area contributed by atoms with E-state index in [1.54, 1.807) is 6.92 Å². The fourth-order valence-corrected chi connectivity index (χ4v) is 3.00. The summed E-state index contributed by atoms with van der Waals surface area (Å²) in [6, 6.07) is 7.96. The zero-order valence-corrected chi connectivity index (χ0v) is 13.1. The average Bonchev–Trinajstić information content (AvgIpc) is 2.79. The van der Waals surface area contributed by atoms with E-state index in [0.29, 0.717) is 6.42 Å². The lowest BCUT2D eigenvalue weighted by atomic mass is 9.73. The van der Waals surface area contributed by atoms with Crippen LogP contribution in [-0.4, -0.2) is 11.8 Å². The number of carbonyl (C=O) groups is 2. The number of benzene rings is 1. The summed E-state index contributed by atoms with van der Waals surface area (Å²) in [6.07, 6.45) is 3.67. The van der Waals surface area contributed by atoms with Crippen LogP contribution in [0.1, 0.15) is 38.3 Å². The van der Waals surface area contributed by atoms with Gasteiger partial charge in [-0.1, -0.05) is 43.7 Å². The summed E-state index contributed by atoms with van der Waals surface area (Å²) < 4.78 is 5.70. The van der Waals surface area contributed by atoms with Crippen molar-refractivity contribution in [1.29, 1.82) is 0 Å². The van der Waals surface area contributed by atoms with Gasteiger partial charge in [-0.2, -0.15) is 0 Å². The van der Waals surface area contributed by atoms with Crippen molar-refractivity contribution < 1.29 is 14.3 Å². The first-order valence-corrected chi connectivity index (χ1v) is 7.34. The minimum absolute atomic E-state index is 0.0691. The summed E-state index contributed by atoms with van der Waals surface area (Å²) in [5.74, 6) is -0.0903. The SMILES string of the molecule is CC(=O)C[C@H](C(C)C)[C@]1(c2ccc(C)cc2)C=CC(=O)O1. The third kappa shape index (κ3) is 3.07. The molecule has 21 heavy (non-hydrogen) atoms. The van der Waals surface area contributed by atoms with Crippen molar-refractivity contribution in [2.45, 2.75) is 39.7 Å². The predicted octanol–water partition coefficient (Wildman–Crippen LogP) is 3.55. The number of rotatable bonds is 5. The maximum absolute atomic E-state index is 11.7. The molecule has 0 amide bonds. The van der Waals surface area contributed by atoms with Gasteiger partial charge in [-0.15, -0.1) is 0 Å². The Labute approximate surface area is 126 Å². The largest absolute Gasteiger partial charge is 0.446 e. The van der Waals surface area contributed by atoms with E-state index in [1.165, 1.54) is 6.08 Å². The van der Waals surface area contributed by atoms with Crippen molar-refractivity contribution in [2.24, 2.45) is 11.8 Å². The third-order valence-corrected chi connectivity index (χ3v) is 4.10. The Morgan fingerprint density at radius 1 is 1.24 bits per heavy atom. The molecule has 0 aliphatic carbocycles. The van der Waals surface area contributed by atoms with Gasteiger partial charge in [0.1, 0.15) is 5.78 Å². The van der Waals surface area contributed by atoms with E-state index in [-0.39, 0.29) is 23.6 Å². The van der Waals surface area contributed by atoms with Crippen LogP contribution in [-0.2, 0) is 19.9 Å². The van der Waals surface area contributed by atoms with Crippen LogP contribution >= 0.6 is 0 Å². The molecule has 0 bridgehead atoms. The number of hydrogen-bond acceptors (Lipinski definition) is 3. The molecule has 1 heterocycles. The lowest BCUT2D eigenvalue weighted by Crippen LogP contribution is -2.39. The van der Waals surface area contributed by atoms with Crippen molar-refractivity contribution in [3.63, 3.8) is 0 Å². The van der Waals surface area contributed by atoms with Crippen LogP contribution in [0.4, 0.5) is 0 Å². The minimum atomic E-state index is -0.829. The number of esters is 1. The van der Waals surface area contributed by atoms with Gasteiger partial charge in [0.15, 0.2) is 5.60 Å². The molecular formula is C18H22O3. The average molecular weight is 286 g/mol. The Hall–Kier alpha value is -1.90. The van der Waals surface area contributed by atoms with Gasteiger partial charge in [0.25, 0.3) is 0 Å². The summed E-state index contributed by atoms with van der Waals surface area (Å²) in [7, 11) is 0. The Morgan fingerprint density at radius 2 is 1.86 bits per heavy atom. The normalized spacial score (nSPS) is 22.4. The molecule has 2 atom stereocenters. The van der Waals surface area contributed by atoms with Crippen molar-refractivity contribution in [3.8, 4) is 0 Å². The van der Waals surface area contributed by atoms with Crippen LogP contribution in [0.3, 0.4) is 0 Å². The van der Waals surface area contributed by atoms with Gasteiger partial charge in [-0.25, -0.2) is 4.79 Å². The molecule has 0 unspecified atom stereocenters. The Bertz CT molecular complexity index is 569. The van der Waals surface area contributed by atoms with Crippen molar-refractivity contribution in [1.82, 2.24) is 0 Å². The number of Topliss-reactive ketones (excluding diaryl/α,β-unsaturated/α-hetero) is 1. The second-order valence-corrected chi connectivity index (χ2v) is 6.17. The van der Waals surface area contributed by atoms with Gasteiger partial charge in [-0.3, -0.25) is 0 Å². The zero-order chi connectivity index (χ0) is 15.6. The highest BCUT2D eigenvalue weighted by molar-refractivity contribution is 5.86. The van der Waals surface area contributed by atoms with Gasteiger partial charge in [0.05, 0.1) is 0 Å². The third-order valence-electron chi connectivity index (χ3n) is 4.10. The standard InChI is InChI=1S/C18H22O3/c1-12(2)16(11-14(4)19)18(10-9-17(20)21-18)15-7-5-13(3)6-8-15/h5-10,12,16H,11H2,1-4H3/t16-,18-/m1/s1. The van der Waals surface area contributed by atoms with Crippen LogP contribution in [0.15, 0.2) is 36.4 Å². The van der Waals surface area contributed by atoms with E-state index in [4.69, 9.17) is 4.74 Å². The van der Waals surface area contributed by atoms with Crippen molar-refractivity contribution in [3.05, 3.63) is 47.5 Å². The molecule has 0 saturated carbocycles. The van der Waals surface area contributed by atoms with E-state index in [1.807, 2.05) is 37.3 Å². The van der Waals surface area contributed by atoms with E-state index < -0.39 is 5.60 Å². The summed E-state index contributed by atoms with van der Waals surface area (Å²) >= 11 is 0. The molecule has 0 radical (unpaired) electrons. The van der Waals surface area contributed by atoms with Crippen molar-refractivity contribution >= 4 is 11.8 Å². The zero-order valence-electron chi connectivity index (χ0n) is 13.1. The summed E-state index contributed by atoms with van der Waals surface area (Å²) in [4.78, 5) is 23.4. The van der Waals surface area contributed by atoms with Crippen LogP contribution in [0.2, 0.25) is 0 Å². The monoisotopic (exact) mass is 286 g/mol. The van der Waals surface area contributed by atoms with Crippen molar-refractivity contribution in [2.75, 3.05) is 0 Å². The number of ether oxygens (including phenoxy) is 1. The molecule has 0 spiro atoms. The Morgan fingerprint density at radius 3 is 2.29 bits per heavy atom. The summed E-state index contributed by atoms with van der Waals surface area (Å²) in [5.41, 5.74) is 1.25. The van der Waals surface area contributed by atoms with Gasteiger partial charge >= 0.3 is 5.97 Å². The Kier molecular flexibility index (Phi) is 4.31. The van der Waals surface area contributed by atoms with E-state index in [9.17, 15) is 9.59 Å². The number of hydrogen-bond donors (Lipinski definition) is 0. The number of aryl methyl sites for hydroxylation is 1. The molecule has 1 aromatic rings. The topological polar surface area (TPSA) is 43.4 Å². The van der Waals surface area contributed by atoms with E-state index in [2.05, 4.69) is 13.8 Å². The van der Waals surface area contributed by atoms with Gasteiger partial charge in [0, 0.05) is 18.4 Å². The highest BCUT2D eigenvalue weighted by atomic mass is 16.6. The van der Waals surface area contributed by atoms with Crippen LogP contribution in [0, 0.1) is 18.8 Å². The fraction of sp³-hybridized carbons (Fsp3) is 0.444. The smallest absolute Gasteiger partial charge is 0.331 e. The second kappa shape index (κ2) is 5.84. The second-order valence-electron chi connectivity index (χ2n) is 6.17. The first-order valence-electron chi connectivity index (χ1n) is 7.34. The molecule has 3 nitrogen and oxygen atoms in total.